The molecule has 1 amide bonds. The van der Waals surface area contributed by atoms with Gasteiger partial charge in [0.1, 0.15) is 11.2 Å². The molecule has 0 aromatic carbocycles. The number of hydrogen-bond acceptors (Lipinski definition) is 4. The van der Waals surface area contributed by atoms with Crippen LogP contribution in [0, 0.1) is 6.92 Å². The summed E-state index contributed by atoms with van der Waals surface area (Å²) in [5, 5.41) is 0. The van der Waals surface area contributed by atoms with Crippen LogP contribution < -0.4 is 0 Å². The molecule has 0 radical (unpaired) electrons. The highest BCUT2D eigenvalue weighted by molar-refractivity contribution is 7.12. The van der Waals surface area contributed by atoms with Crippen molar-refractivity contribution in [1.82, 2.24) is 4.90 Å². The average molecular weight is 337 g/mol. The summed E-state index contributed by atoms with van der Waals surface area (Å²) in [6, 6.07) is 2.42. The maximum Gasteiger partial charge on any atom is 0.410 e. The van der Waals surface area contributed by atoms with E-state index in [1.807, 2.05) is 37.0 Å². The van der Waals surface area contributed by atoms with Crippen molar-refractivity contribution in [3.63, 3.8) is 0 Å². The SMILES string of the molecule is Cc1cc2c(s1)[C@]1(CCN(C(=O)OC(C)(C)C)[C@H](C)C1)OCC2. The van der Waals surface area contributed by atoms with E-state index in [1.54, 1.807) is 0 Å². The molecule has 128 valence electrons. The van der Waals surface area contributed by atoms with Gasteiger partial charge in [-0.2, -0.15) is 0 Å². The topological polar surface area (TPSA) is 38.8 Å². The van der Waals surface area contributed by atoms with Crippen LogP contribution in [0.1, 0.15) is 55.9 Å². The smallest absolute Gasteiger partial charge is 0.410 e. The number of carbonyl (C=O) groups excluding carboxylic acids is 1. The van der Waals surface area contributed by atoms with Crippen LogP contribution in [0.4, 0.5) is 4.79 Å². The van der Waals surface area contributed by atoms with E-state index < -0.39 is 5.60 Å². The Balaban J connectivity index is 1.78. The Bertz CT molecular complexity index is 604. The first kappa shape index (κ1) is 16.8. The number of rotatable bonds is 0. The van der Waals surface area contributed by atoms with Gasteiger partial charge in [0, 0.05) is 28.8 Å². The number of carbonyl (C=O) groups is 1. The molecule has 1 aromatic heterocycles. The van der Waals surface area contributed by atoms with Gasteiger partial charge in [0.25, 0.3) is 0 Å². The lowest BCUT2D eigenvalue weighted by Gasteiger charge is -2.46. The number of fused-ring (bicyclic) bond motifs is 2. The first-order valence-electron chi connectivity index (χ1n) is 8.44. The van der Waals surface area contributed by atoms with Crippen molar-refractivity contribution in [3.05, 3.63) is 21.4 Å². The van der Waals surface area contributed by atoms with E-state index in [4.69, 9.17) is 9.47 Å². The number of nitrogens with zero attached hydrogens (tertiary/aromatic N) is 1. The van der Waals surface area contributed by atoms with Gasteiger partial charge in [-0.15, -0.1) is 11.3 Å². The van der Waals surface area contributed by atoms with Crippen LogP contribution in [0.2, 0.25) is 0 Å². The van der Waals surface area contributed by atoms with Crippen LogP contribution in [0.25, 0.3) is 0 Å². The molecule has 0 bridgehead atoms. The van der Waals surface area contributed by atoms with Crippen LogP contribution in [0.5, 0.6) is 0 Å². The van der Waals surface area contributed by atoms with Crippen molar-refractivity contribution in [2.75, 3.05) is 13.2 Å². The molecule has 5 heteroatoms. The number of thiophene rings is 1. The van der Waals surface area contributed by atoms with Gasteiger partial charge in [0.2, 0.25) is 0 Å². The highest BCUT2D eigenvalue weighted by Gasteiger charge is 2.46. The molecule has 1 aromatic rings. The predicted molar refractivity (Wildman–Crippen MR) is 92.0 cm³/mol. The maximum atomic E-state index is 12.4. The lowest BCUT2D eigenvalue weighted by atomic mass is 9.82. The molecular formula is C18H27NO3S. The van der Waals surface area contributed by atoms with E-state index in [1.165, 1.54) is 15.3 Å². The van der Waals surface area contributed by atoms with Gasteiger partial charge in [-0.3, -0.25) is 0 Å². The fourth-order valence-corrected chi connectivity index (χ4v) is 4.95. The largest absolute Gasteiger partial charge is 0.444 e. The Morgan fingerprint density at radius 1 is 1.48 bits per heavy atom. The minimum atomic E-state index is -0.453. The molecule has 0 saturated carbocycles. The van der Waals surface area contributed by atoms with Gasteiger partial charge in [-0.25, -0.2) is 4.79 Å². The Labute approximate surface area is 142 Å². The lowest BCUT2D eigenvalue weighted by Crippen LogP contribution is -2.53. The number of aryl methyl sites for hydroxylation is 1. The third-order valence-corrected chi connectivity index (χ3v) is 5.92. The summed E-state index contributed by atoms with van der Waals surface area (Å²) in [4.78, 5) is 17.0. The second-order valence-electron chi connectivity index (χ2n) is 7.78. The standard InChI is InChI=1S/C18H27NO3S/c1-12-11-18(7-8-19(12)16(20)22-17(3,4)5)15-14(6-9-21-18)10-13(2)23-15/h10,12H,6-9,11H2,1-5H3/t12-,18-/m1/s1. The van der Waals surface area contributed by atoms with Crippen LogP contribution in [-0.4, -0.2) is 35.8 Å². The van der Waals surface area contributed by atoms with Gasteiger partial charge < -0.3 is 14.4 Å². The van der Waals surface area contributed by atoms with Gasteiger partial charge in [-0.05, 0) is 59.1 Å². The number of likely N-dealkylation sites (tertiary alicyclic amines) is 1. The summed E-state index contributed by atoms with van der Waals surface area (Å²) in [6.07, 6.45) is 2.49. The molecule has 3 rings (SSSR count). The van der Waals surface area contributed by atoms with Gasteiger partial charge >= 0.3 is 6.09 Å². The summed E-state index contributed by atoms with van der Waals surface area (Å²) in [6.45, 7) is 11.5. The van der Waals surface area contributed by atoms with E-state index in [9.17, 15) is 4.79 Å². The van der Waals surface area contributed by atoms with E-state index in [0.717, 1.165) is 25.9 Å². The fourth-order valence-electron chi connectivity index (χ4n) is 3.70. The molecule has 1 saturated heterocycles. The van der Waals surface area contributed by atoms with Crippen LogP contribution in [0.15, 0.2) is 6.07 Å². The summed E-state index contributed by atoms with van der Waals surface area (Å²) >= 11 is 1.86. The van der Waals surface area contributed by atoms with Crippen molar-refractivity contribution in [2.45, 2.75) is 71.1 Å². The van der Waals surface area contributed by atoms with Crippen LogP contribution >= 0.6 is 11.3 Å². The Morgan fingerprint density at radius 3 is 2.87 bits per heavy atom. The average Bonchev–Trinajstić information content (AvgIpc) is 2.79. The number of amides is 1. The summed E-state index contributed by atoms with van der Waals surface area (Å²) < 4.78 is 11.8. The van der Waals surface area contributed by atoms with Crippen molar-refractivity contribution < 1.29 is 14.3 Å². The zero-order chi connectivity index (χ0) is 16.8. The summed E-state index contributed by atoms with van der Waals surface area (Å²) in [7, 11) is 0. The molecular weight excluding hydrogens is 310 g/mol. The number of hydrogen-bond donors (Lipinski definition) is 0. The number of piperidine rings is 1. The number of ether oxygens (including phenoxy) is 2. The normalized spacial score (nSPS) is 27.9. The highest BCUT2D eigenvalue weighted by atomic mass is 32.1. The second-order valence-corrected chi connectivity index (χ2v) is 9.04. The molecule has 0 N–H and O–H groups in total. The van der Waals surface area contributed by atoms with Gasteiger partial charge in [0.15, 0.2) is 0 Å². The molecule has 2 aliphatic rings. The monoisotopic (exact) mass is 337 g/mol. The van der Waals surface area contributed by atoms with Crippen molar-refractivity contribution in [3.8, 4) is 0 Å². The summed E-state index contributed by atoms with van der Waals surface area (Å²) in [5.74, 6) is 0. The third kappa shape index (κ3) is 3.26. The quantitative estimate of drug-likeness (QED) is 0.710. The Hall–Kier alpha value is -1.07. The molecule has 2 atom stereocenters. The Morgan fingerprint density at radius 2 is 2.22 bits per heavy atom. The molecule has 0 unspecified atom stereocenters. The van der Waals surface area contributed by atoms with Crippen molar-refractivity contribution in [1.29, 1.82) is 0 Å². The first-order chi connectivity index (χ1) is 10.7. The molecule has 4 nitrogen and oxygen atoms in total. The molecule has 0 aliphatic carbocycles. The lowest BCUT2D eigenvalue weighted by molar-refractivity contribution is -0.108. The van der Waals surface area contributed by atoms with Crippen LogP contribution in [0.3, 0.4) is 0 Å². The minimum absolute atomic E-state index is 0.118. The van der Waals surface area contributed by atoms with E-state index in [-0.39, 0.29) is 17.7 Å². The maximum absolute atomic E-state index is 12.4. The van der Waals surface area contributed by atoms with Crippen molar-refractivity contribution in [2.24, 2.45) is 0 Å². The molecule has 3 heterocycles. The molecule has 2 aliphatic heterocycles. The molecule has 1 fully saturated rings. The second kappa shape index (κ2) is 5.78. The Kier molecular flexibility index (Phi) is 4.21. The summed E-state index contributed by atoms with van der Waals surface area (Å²) in [5.41, 5.74) is 0.784. The first-order valence-corrected chi connectivity index (χ1v) is 9.25. The predicted octanol–water partition coefficient (Wildman–Crippen LogP) is 4.24. The van der Waals surface area contributed by atoms with E-state index in [2.05, 4.69) is 19.9 Å². The van der Waals surface area contributed by atoms with Crippen LogP contribution in [-0.2, 0) is 21.5 Å². The minimum Gasteiger partial charge on any atom is -0.444 e. The zero-order valence-electron chi connectivity index (χ0n) is 14.8. The van der Waals surface area contributed by atoms with E-state index in [0.29, 0.717) is 6.54 Å². The molecule has 23 heavy (non-hydrogen) atoms. The highest BCUT2D eigenvalue weighted by Crippen LogP contribution is 2.46. The van der Waals surface area contributed by atoms with Gasteiger partial charge in [-0.1, -0.05) is 0 Å². The van der Waals surface area contributed by atoms with Crippen molar-refractivity contribution >= 4 is 17.4 Å². The fraction of sp³-hybridized carbons (Fsp3) is 0.722. The van der Waals surface area contributed by atoms with Gasteiger partial charge in [0.05, 0.1) is 6.61 Å². The molecule has 1 spiro atoms. The van der Waals surface area contributed by atoms with E-state index >= 15 is 0 Å². The third-order valence-electron chi connectivity index (χ3n) is 4.64. The zero-order valence-corrected chi connectivity index (χ0v) is 15.6.